The monoisotopic (exact) mass is 660 g/mol. The van der Waals surface area contributed by atoms with Gasteiger partial charge in [0.2, 0.25) is 5.82 Å². The molecular weight excluding hydrogens is 634 g/mol. The topological polar surface area (TPSA) is 17.8 Å². The standard InChI is InChI=1S/C40H26F5N2P/c41-33-30(34(42)36(44)37(45)35(33)43)24-47-39(27-18-9-3-10-19-27)38(26-16-7-2-8-17-26)46-40(47)32-29(25-14-5-1-6-15-25)22-13-23-31(32)48-28-20-11-4-12-21-28/h1-23,48H,24H2. The number of hydrogen-bond donors (Lipinski definition) is 0. The highest BCUT2D eigenvalue weighted by atomic mass is 31.1. The predicted molar refractivity (Wildman–Crippen MR) is 183 cm³/mol. The summed E-state index contributed by atoms with van der Waals surface area (Å²) in [6, 6.07) is 43.9. The molecule has 1 heterocycles. The predicted octanol–water partition coefficient (Wildman–Crippen LogP) is 9.92. The van der Waals surface area contributed by atoms with Crippen molar-refractivity contribution in [2.24, 2.45) is 0 Å². The third kappa shape index (κ3) is 5.82. The van der Waals surface area contributed by atoms with Crippen LogP contribution >= 0.6 is 8.58 Å². The Hall–Kier alpha value is -5.39. The van der Waals surface area contributed by atoms with Gasteiger partial charge >= 0.3 is 0 Å². The van der Waals surface area contributed by atoms with Crippen LogP contribution in [-0.2, 0) is 6.54 Å². The molecule has 1 unspecified atom stereocenters. The lowest BCUT2D eigenvalue weighted by molar-refractivity contribution is 0.368. The van der Waals surface area contributed by atoms with E-state index in [2.05, 4.69) is 0 Å². The molecule has 0 amide bonds. The summed E-state index contributed by atoms with van der Waals surface area (Å²) in [6.07, 6.45) is 0. The average Bonchev–Trinajstić information content (AvgIpc) is 3.51. The molecule has 6 aromatic carbocycles. The van der Waals surface area contributed by atoms with E-state index < -0.39 is 41.2 Å². The van der Waals surface area contributed by atoms with E-state index in [1.807, 2.05) is 140 Å². The molecule has 0 fully saturated rings. The third-order valence-electron chi connectivity index (χ3n) is 8.10. The van der Waals surface area contributed by atoms with E-state index in [0.717, 1.165) is 27.3 Å². The zero-order valence-corrected chi connectivity index (χ0v) is 26.3. The molecule has 0 spiro atoms. The third-order valence-corrected chi connectivity index (χ3v) is 9.41. The van der Waals surface area contributed by atoms with Crippen LogP contribution in [0.4, 0.5) is 22.0 Å². The van der Waals surface area contributed by atoms with Crippen molar-refractivity contribution in [3.05, 3.63) is 174 Å². The van der Waals surface area contributed by atoms with Gasteiger partial charge in [-0.05, 0) is 21.7 Å². The molecule has 236 valence electrons. The van der Waals surface area contributed by atoms with E-state index in [1.54, 1.807) is 4.57 Å². The van der Waals surface area contributed by atoms with E-state index in [4.69, 9.17) is 4.98 Å². The van der Waals surface area contributed by atoms with Crippen molar-refractivity contribution < 1.29 is 22.0 Å². The van der Waals surface area contributed by atoms with Crippen LogP contribution in [0.15, 0.2) is 140 Å². The first-order valence-corrected chi connectivity index (χ1v) is 16.1. The maximum atomic E-state index is 15.4. The molecule has 0 saturated carbocycles. The number of benzene rings is 6. The second-order valence-electron chi connectivity index (χ2n) is 11.1. The highest BCUT2D eigenvalue weighted by Crippen LogP contribution is 2.41. The molecule has 0 aliphatic carbocycles. The fourth-order valence-corrected chi connectivity index (χ4v) is 7.08. The fourth-order valence-electron chi connectivity index (χ4n) is 5.86. The van der Waals surface area contributed by atoms with Crippen LogP contribution in [-0.4, -0.2) is 9.55 Å². The minimum Gasteiger partial charge on any atom is -0.319 e. The minimum absolute atomic E-state index is 0.164. The van der Waals surface area contributed by atoms with Crippen LogP contribution in [0.2, 0.25) is 0 Å². The van der Waals surface area contributed by atoms with E-state index in [1.165, 1.54) is 0 Å². The van der Waals surface area contributed by atoms with Gasteiger partial charge < -0.3 is 4.57 Å². The second-order valence-corrected chi connectivity index (χ2v) is 12.5. The molecule has 0 saturated heterocycles. The molecule has 48 heavy (non-hydrogen) atoms. The molecule has 7 aromatic rings. The van der Waals surface area contributed by atoms with Gasteiger partial charge in [-0.15, -0.1) is 0 Å². The molecule has 7 rings (SSSR count). The summed E-state index contributed by atoms with van der Waals surface area (Å²) in [5, 5.41) is 1.94. The molecule has 1 aromatic heterocycles. The van der Waals surface area contributed by atoms with Crippen molar-refractivity contribution in [2.45, 2.75) is 6.54 Å². The summed E-state index contributed by atoms with van der Waals surface area (Å²) in [5.74, 6) is -9.62. The first-order chi connectivity index (χ1) is 23.4. The molecule has 8 heteroatoms. The van der Waals surface area contributed by atoms with Crippen molar-refractivity contribution >= 4 is 19.2 Å². The molecule has 0 radical (unpaired) electrons. The summed E-state index contributed by atoms with van der Waals surface area (Å²) in [5.41, 5.74) is 3.76. The number of rotatable bonds is 8. The Morgan fingerprint density at radius 3 is 1.58 bits per heavy atom. The van der Waals surface area contributed by atoms with Gasteiger partial charge in [0.05, 0.1) is 17.9 Å². The molecule has 1 atom stereocenters. The zero-order chi connectivity index (χ0) is 33.2. The Bertz CT molecular complexity index is 2190. The number of halogens is 5. The summed E-state index contributed by atoms with van der Waals surface area (Å²) in [6.45, 7) is -0.678. The summed E-state index contributed by atoms with van der Waals surface area (Å²) < 4.78 is 75.9. The summed E-state index contributed by atoms with van der Waals surface area (Å²) in [7, 11) is 0.164. The van der Waals surface area contributed by atoms with E-state index in [9.17, 15) is 13.2 Å². The first kappa shape index (κ1) is 31.2. The van der Waals surface area contributed by atoms with Crippen molar-refractivity contribution in [1.82, 2.24) is 9.55 Å². The lowest BCUT2D eigenvalue weighted by atomic mass is 9.99. The maximum Gasteiger partial charge on any atom is 0.200 e. The van der Waals surface area contributed by atoms with Gasteiger partial charge in [-0.2, -0.15) is 0 Å². The van der Waals surface area contributed by atoms with Crippen molar-refractivity contribution in [2.75, 3.05) is 0 Å². The van der Waals surface area contributed by atoms with Gasteiger partial charge in [0, 0.05) is 22.3 Å². The van der Waals surface area contributed by atoms with Crippen LogP contribution in [0, 0.1) is 29.1 Å². The number of nitrogens with zero attached hydrogens (tertiary/aromatic N) is 2. The second kappa shape index (κ2) is 13.4. The van der Waals surface area contributed by atoms with Gasteiger partial charge in [-0.25, -0.2) is 26.9 Å². The average molecular weight is 661 g/mol. The van der Waals surface area contributed by atoms with Crippen LogP contribution in [0.3, 0.4) is 0 Å². The van der Waals surface area contributed by atoms with Gasteiger partial charge in [0.1, 0.15) is 5.82 Å². The Labute approximate surface area is 276 Å². The Balaban J connectivity index is 1.60. The molecule has 0 N–H and O–H groups in total. The molecule has 0 aliphatic heterocycles. The van der Waals surface area contributed by atoms with Gasteiger partial charge in [0.15, 0.2) is 23.3 Å². The number of hydrogen-bond acceptors (Lipinski definition) is 1. The lowest BCUT2D eigenvalue weighted by Gasteiger charge is -2.19. The van der Waals surface area contributed by atoms with Crippen molar-refractivity contribution in [1.29, 1.82) is 0 Å². The molecule has 2 nitrogen and oxygen atoms in total. The molecule has 0 aliphatic rings. The van der Waals surface area contributed by atoms with Gasteiger partial charge in [-0.3, -0.25) is 0 Å². The fraction of sp³-hybridized carbons (Fsp3) is 0.0250. The number of aromatic nitrogens is 2. The smallest absolute Gasteiger partial charge is 0.200 e. The largest absolute Gasteiger partial charge is 0.319 e. The maximum absolute atomic E-state index is 15.4. The minimum atomic E-state index is -2.20. The van der Waals surface area contributed by atoms with E-state index in [-0.39, 0.29) is 8.58 Å². The Morgan fingerprint density at radius 1 is 0.500 bits per heavy atom. The Kier molecular flexibility index (Phi) is 8.70. The number of imidazole rings is 1. The normalized spacial score (nSPS) is 11.4. The first-order valence-electron chi connectivity index (χ1n) is 15.1. The van der Waals surface area contributed by atoms with Crippen LogP contribution < -0.4 is 10.6 Å². The van der Waals surface area contributed by atoms with Crippen LogP contribution in [0.25, 0.3) is 45.0 Å². The quantitative estimate of drug-likeness (QED) is 0.0687. The van der Waals surface area contributed by atoms with E-state index >= 15 is 8.78 Å². The summed E-state index contributed by atoms with van der Waals surface area (Å²) >= 11 is 0. The van der Waals surface area contributed by atoms with E-state index in [0.29, 0.717) is 28.3 Å². The zero-order valence-electron chi connectivity index (χ0n) is 25.3. The summed E-state index contributed by atoms with van der Waals surface area (Å²) in [4.78, 5) is 5.19. The van der Waals surface area contributed by atoms with Gasteiger partial charge in [0.25, 0.3) is 0 Å². The van der Waals surface area contributed by atoms with Gasteiger partial charge in [-0.1, -0.05) is 148 Å². The SMILES string of the molecule is Fc1c(F)c(F)c(Cn2c(-c3c(Pc4ccccc4)cccc3-c3ccccc3)nc(-c3ccccc3)c2-c2ccccc2)c(F)c1F. The van der Waals surface area contributed by atoms with Crippen LogP contribution in [0.5, 0.6) is 0 Å². The molecular formula is C40H26F5N2P. The Morgan fingerprint density at radius 2 is 1.00 bits per heavy atom. The highest BCUT2D eigenvalue weighted by molar-refractivity contribution is 7.55. The highest BCUT2D eigenvalue weighted by Gasteiger charge is 2.30. The van der Waals surface area contributed by atoms with Crippen LogP contribution in [0.1, 0.15) is 5.56 Å². The molecule has 0 bridgehead atoms. The lowest BCUT2D eigenvalue weighted by Crippen LogP contribution is -2.15. The van der Waals surface area contributed by atoms with Crippen molar-refractivity contribution in [3.8, 4) is 45.0 Å². The van der Waals surface area contributed by atoms with Crippen molar-refractivity contribution in [3.63, 3.8) is 0 Å².